The molecule has 1 saturated heterocycles. The Bertz CT molecular complexity index is 308. The Labute approximate surface area is 95.4 Å². The lowest BCUT2D eigenvalue weighted by molar-refractivity contribution is 0.454. The number of nitrogens with one attached hydrogen (secondary N) is 1. The van der Waals surface area contributed by atoms with Crippen LogP contribution in [0.2, 0.25) is 0 Å². The molecule has 1 N–H and O–H groups in total. The zero-order chi connectivity index (χ0) is 9.47. The number of hydrogen-bond donors (Lipinski definition) is 1. The molecule has 1 aliphatic rings. The van der Waals surface area contributed by atoms with Gasteiger partial charge in [-0.05, 0) is 35.8 Å². The van der Waals surface area contributed by atoms with Gasteiger partial charge in [-0.25, -0.2) is 0 Å². The summed E-state index contributed by atoms with van der Waals surface area (Å²) in [5, 5.41) is 6.25. The van der Waals surface area contributed by atoms with Gasteiger partial charge in [0.1, 0.15) is 0 Å². The first-order valence-electron chi connectivity index (χ1n) is 4.20. The van der Waals surface area contributed by atoms with Crippen molar-refractivity contribution < 1.29 is 0 Å². The molecule has 0 spiro atoms. The van der Waals surface area contributed by atoms with Crippen molar-refractivity contribution in [2.24, 2.45) is 0 Å². The molecular formula is C9H12BrNS2. The molecule has 0 bridgehead atoms. The molecule has 1 fully saturated rings. The van der Waals surface area contributed by atoms with Gasteiger partial charge in [0.05, 0.1) is 5.37 Å². The third kappa shape index (κ3) is 2.29. The van der Waals surface area contributed by atoms with E-state index < -0.39 is 0 Å². The Kier molecular flexibility index (Phi) is 2.75. The highest BCUT2D eigenvalue weighted by atomic mass is 79.9. The Morgan fingerprint density at radius 1 is 1.62 bits per heavy atom. The minimum atomic E-state index is 0.284. The third-order valence-electron chi connectivity index (χ3n) is 1.98. The molecule has 13 heavy (non-hydrogen) atoms. The minimum Gasteiger partial charge on any atom is -0.295 e. The first-order valence-corrected chi connectivity index (χ1v) is 6.92. The zero-order valence-corrected chi connectivity index (χ0v) is 10.9. The van der Waals surface area contributed by atoms with Gasteiger partial charge in [-0.1, -0.05) is 0 Å². The van der Waals surface area contributed by atoms with Gasteiger partial charge in [0.25, 0.3) is 0 Å². The van der Waals surface area contributed by atoms with Crippen LogP contribution in [0.5, 0.6) is 0 Å². The first-order chi connectivity index (χ1) is 6.07. The topological polar surface area (TPSA) is 12.0 Å². The summed E-state index contributed by atoms with van der Waals surface area (Å²) in [6.45, 7) is 4.51. The summed E-state index contributed by atoms with van der Waals surface area (Å²) in [7, 11) is 0. The van der Waals surface area contributed by atoms with E-state index in [4.69, 9.17) is 0 Å². The second kappa shape index (κ2) is 3.57. The van der Waals surface area contributed by atoms with E-state index in [2.05, 4.69) is 46.5 Å². The fraction of sp³-hybridized carbons (Fsp3) is 0.556. The Morgan fingerprint density at radius 2 is 2.38 bits per heavy atom. The Hall–Kier alpha value is 0.490. The standard InChI is InChI=1S/C9H12BrNS2/c1-9(2)5-13-8(11-9)7-3-6(10)4-12-7/h3-4,8,11H,5H2,1-2H3. The quantitative estimate of drug-likeness (QED) is 0.842. The summed E-state index contributed by atoms with van der Waals surface area (Å²) in [4.78, 5) is 1.42. The SMILES string of the molecule is CC1(C)CSC(c2cc(Br)cs2)N1. The summed E-state index contributed by atoms with van der Waals surface area (Å²) >= 11 is 7.29. The van der Waals surface area contributed by atoms with Crippen LogP contribution in [0, 0.1) is 0 Å². The molecule has 0 aliphatic carbocycles. The predicted octanol–water partition coefficient (Wildman–Crippen LogP) is 3.62. The van der Waals surface area contributed by atoms with Crippen molar-refractivity contribution in [1.29, 1.82) is 0 Å². The second-order valence-corrected chi connectivity index (χ2v) is 6.84. The first kappa shape index (κ1) is 10.0. The average Bonchev–Trinajstić information content (AvgIpc) is 2.56. The number of rotatable bonds is 1. The van der Waals surface area contributed by atoms with Crippen LogP contribution in [0.15, 0.2) is 15.9 Å². The summed E-state index contributed by atoms with van der Waals surface area (Å²) in [6, 6.07) is 2.21. The van der Waals surface area contributed by atoms with Gasteiger partial charge in [-0.3, -0.25) is 5.32 Å². The second-order valence-electron chi connectivity index (χ2n) is 3.89. The van der Waals surface area contributed by atoms with E-state index in [0.29, 0.717) is 5.37 Å². The molecule has 0 radical (unpaired) electrons. The van der Waals surface area contributed by atoms with Gasteiger partial charge >= 0.3 is 0 Å². The van der Waals surface area contributed by atoms with Crippen molar-refractivity contribution in [3.05, 3.63) is 20.8 Å². The highest BCUT2D eigenvalue weighted by Crippen LogP contribution is 2.40. The van der Waals surface area contributed by atoms with E-state index in [1.807, 2.05) is 23.1 Å². The summed E-state index contributed by atoms with van der Waals surface area (Å²) < 4.78 is 1.19. The molecule has 4 heteroatoms. The molecule has 2 heterocycles. The maximum atomic E-state index is 3.61. The smallest absolute Gasteiger partial charge is 0.0888 e. The lowest BCUT2D eigenvalue weighted by Gasteiger charge is -2.17. The fourth-order valence-corrected chi connectivity index (χ4v) is 4.39. The summed E-state index contributed by atoms with van der Waals surface area (Å²) in [5.41, 5.74) is 0.284. The largest absolute Gasteiger partial charge is 0.295 e. The van der Waals surface area contributed by atoms with E-state index in [1.165, 1.54) is 15.1 Å². The van der Waals surface area contributed by atoms with Crippen molar-refractivity contribution in [3.8, 4) is 0 Å². The highest BCUT2D eigenvalue weighted by Gasteiger charge is 2.31. The highest BCUT2D eigenvalue weighted by molar-refractivity contribution is 9.10. The molecule has 2 rings (SSSR count). The normalized spacial score (nSPS) is 26.5. The van der Waals surface area contributed by atoms with Crippen molar-refractivity contribution in [3.63, 3.8) is 0 Å². The predicted molar refractivity (Wildman–Crippen MR) is 64.4 cm³/mol. The van der Waals surface area contributed by atoms with E-state index in [9.17, 15) is 0 Å². The molecule has 1 unspecified atom stereocenters. The Balaban J connectivity index is 2.12. The number of thioether (sulfide) groups is 1. The molecule has 0 aromatic carbocycles. The van der Waals surface area contributed by atoms with E-state index in [0.717, 1.165) is 0 Å². The van der Waals surface area contributed by atoms with Crippen LogP contribution in [0.25, 0.3) is 0 Å². The van der Waals surface area contributed by atoms with Crippen molar-refractivity contribution in [2.75, 3.05) is 5.75 Å². The van der Waals surface area contributed by atoms with Gasteiger partial charge in [0, 0.05) is 26.0 Å². The number of thiophene rings is 1. The van der Waals surface area contributed by atoms with Crippen molar-refractivity contribution in [2.45, 2.75) is 24.8 Å². The van der Waals surface area contributed by atoms with Gasteiger partial charge in [0.15, 0.2) is 0 Å². The molecular weight excluding hydrogens is 266 g/mol. The van der Waals surface area contributed by atoms with E-state index >= 15 is 0 Å². The van der Waals surface area contributed by atoms with Crippen LogP contribution in [0.4, 0.5) is 0 Å². The van der Waals surface area contributed by atoms with Crippen LogP contribution < -0.4 is 5.32 Å². The van der Waals surface area contributed by atoms with E-state index in [-0.39, 0.29) is 5.54 Å². The Morgan fingerprint density at radius 3 is 2.85 bits per heavy atom. The minimum absolute atomic E-state index is 0.284. The summed E-state index contributed by atoms with van der Waals surface area (Å²) in [5.74, 6) is 1.19. The lowest BCUT2D eigenvalue weighted by atomic mass is 10.1. The maximum absolute atomic E-state index is 3.61. The van der Waals surface area contributed by atoms with Gasteiger partial charge in [0.2, 0.25) is 0 Å². The van der Waals surface area contributed by atoms with Crippen LogP contribution in [0.1, 0.15) is 24.1 Å². The van der Waals surface area contributed by atoms with Crippen molar-refractivity contribution >= 4 is 39.0 Å². The molecule has 1 atom stereocenters. The number of hydrogen-bond acceptors (Lipinski definition) is 3. The van der Waals surface area contributed by atoms with Crippen LogP contribution in [-0.4, -0.2) is 11.3 Å². The van der Waals surface area contributed by atoms with Crippen molar-refractivity contribution in [1.82, 2.24) is 5.32 Å². The molecule has 1 aromatic rings. The molecule has 72 valence electrons. The zero-order valence-electron chi connectivity index (χ0n) is 7.63. The molecule has 0 amide bonds. The third-order valence-corrected chi connectivity index (χ3v) is 5.48. The average molecular weight is 278 g/mol. The van der Waals surface area contributed by atoms with Gasteiger partial charge in [-0.2, -0.15) is 0 Å². The van der Waals surface area contributed by atoms with E-state index in [1.54, 1.807) is 0 Å². The molecule has 1 aliphatic heterocycles. The maximum Gasteiger partial charge on any atom is 0.0888 e. The molecule has 1 aromatic heterocycles. The fourth-order valence-electron chi connectivity index (χ4n) is 1.35. The van der Waals surface area contributed by atoms with Gasteiger partial charge < -0.3 is 0 Å². The molecule has 1 nitrogen and oxygen atoms in total. The monoisotopic (exact) mass is 277 g/mol. The van der Waals surface area contributed by atoms with Crippen LogP contribution in [-0.2, 0) is 0 Å². The summed E-state index contributed by atoms with van der Waals surface area (Å²) in [6.07, 6.45) is 0. The number of halogens is 1. The van der Waals surface area contributed by atoms with Gasteiger partial charge in [-0.15, -0.1) is 23.1 Å². The van der Waals surface area contributed by atoms with Crippen LogP contribution in [0.3, 0.4) is 0 Å². The molecule has 0 saturated carbocycles. The van der Waals surface area contributed by atoms with Crippen LogP contribution >= 0.6 is 39.0 Å². The lowest BCUT2D eigenvalue weighted by Crippen LogP contribution is -2.35.